The van der Waals surface area contributed by atoms with E-state index in [2.05, 4.69) is 16.0 Å². The maximum atomic E-state index is 13.3. The first-order valence-corrected chi connectivity index (χ1v) is 12.0. The van der Waals surface area contributed by atoms with E-state index in [0.29, 0.717) is 25.2 Å². The Bertz CT molecular complexity index is 871. The minimum atomic E-state index is -0.857. The Kier molecular flexibility index (Phi) is 7.47. The van der Waals surface area contributed by atoms with E-state index in [-0.39, 0.29) is 36.9 Å². The van der Waals surface area contributed by atoms with Gasteiger partial charge in [-0.3, -0.25) is 14.4 Å². The molecule has 2 atom stereocenters. The number of piperazine rings is 1. The summed E-state index contributed by atoms with van der Waals surface area (Å²) in [5.41, 5.74) is 0.633. The lowest BCUT2D eigenvalue weighted by molar-refractivity contribution is -0.142. The van der Waals surface area contributed by atoms with Crippen molar-refractivity contribution in [2.45, 2.75) is 57.0 Å². The van der Waals surface area contributed by atoms with Crippen molar-refractivity contribution in [2.24, 2.45) is 5.92 Å². The first kappa shape index (κ1) is 23.1. The van der Waals surface area contributed by atoms with Crippen LogP contribution in [0.2, 0.25) is 0 Å². The molecule has 9 nitrogen and oxygen atoms in total. The Hall–Kier alpha value is -3.10. The standard InChI is InChI=1S/C24H33N5O4/c30-21-19(12-7-13-25-21)27-22(31)20-16-28(23(32)17-8-3-1-4-9-17)14-15-29(20)24(33)26-18-10-5-2-6-11-18/h2,5-6,10-11,17,19-20H,1,3-4,7-9,12-16H2,(H,25,30)(H,26,33)(H,27,31)/t19-,20-/m0/s1. The van der Waals surface area contributed by atoms with Gasteiger partial charge in [-0.05, 0) is 37.8 Å². The van der Waals surface area contributed by atoms with Crippen molar-refractivity contribution in [2.75, 3.05) is 31.5 Å². The molecule has 3 N–H and O–H groups in total. The molecule has 0 bridgehead atoms. The third-order valence-corrected chi connectivity index (χ3v) is 6.84. The van der Waals surface area contributed by atoms with Crippen molar-refractivity contribution in [3.8, 4) is 0 Å². The van der Waals surface area contributed by atoms with Gasteiger partial charge in [0.05, 0.1) is 6.54 Å². The van der Waals surface area contributed by atoms with E-state index in [1.54, 1.807) is 17.0 Å². The number of nitrogens with zero attached hydrogens (tertiary/aromatic N) is 2. The van der Waals surface area contributed by atoms with Crippen molar-refractivity contribution >= 4 is 29.4 Å². The number of rotatable bonds is 4. The largest absolute Gasteiger partial charge is 0.354 e. The lowest BCUT2D eigenvalue weighted by atomic mass is 9.88. The number of piperidine rings is 1. The Balaban J connectivity index is 1.48. The van der Waals surface area contributed by atoms with Gasteiger partial charge in [0.1, 0.15) is 12.1 Å². The van der Waals surface area contributed by atoms with Gasteiger partial charge in [-0.2, -0.15) is 0 Å². The number of benzene rings is 1. The summed E-state index contributed by atoms with van der Waals surface area (Å²) in [5.74, 6) is -0.537. The zero-order valence-electron chi connectivity index (χ0n) is 18.9. The van der Waals surface area contributed by atoms with Gasteiger partial charge in [-0.15, -0.1) is 0 Å². The van der Waals surface area contributed by atoms with Crippen LogP contribution in [0.5, 0.6) is 0 Å². The van der Waals surface area contributed by atoms with Crippen molar-refractivity contribution in [1.29, 1.82) is 0 Å². The molecule has 0 unspecified atom stereocenters. The van der Waals surface area contributed by atoms with Crippen molar-refractivity contribution in [1.82, 2.24) is 20.4 Å². The molecule has 2 saturated heterocycles. The van der Waals surface area contributed by atoms with Crippen molar-refractivity contribution in [3.05, 3.63) is 30.3 Å². The highest BCUT2D eigenvalue weighted by atomic mass is 16.2. The molecule has 2 heterocycles. The molecule has 1 aromatic rings. The fourth-order valence-electron chi connectivity index (χ4n) is 4.95. The van der Waals surface area contributed by atoms with Crippen LogP contribution >= 0.6 is 0 Å². The van der Waals surface area contributed by atoms with Gasteiger partial charge in [0.2, 0.25) is 17.7 Å². The predicted molar refractivity (Wildman–Crippen MR) is 123 cm³/mol. The zero-order valence-corrected chi connectivity index (χ0v) is 18.9. The summed E-state index contributed by atoms with van der Waals surface area (Å²) < 4.78 is 0. The Morgan fingerprint density at radius 2 is 1.70 bits per heavy atom. The summed E-state index contributed by atoms with van der Waals surface area (Å²) in [7, 11) is 0. The summed E-state index contributed by atoms with van der Waals surface area (Å²) >= 11 is 0. The average molecular weight is 456 g/mol. The van der Waals surface area contributed by atoms with Crippen LogP contribution in [-0.4, -0.2) is 71.8 Å². The molecule has 9 heteroatoms. The molecule has 3 aliphatic rings. The highest BCUT2D eigenvalue weighted by Gasteiger charge is 2.40. The smallest absolute Gasteiger partial charge is 0.322 e. The minimum absolute atomic E-state index is 0.00345. The highest BCUT2D eigenvalue weighted by Crippen LogP contribution is 2.26. The number of urea groups is 1. The van der Waals surface area contributed by atoms with E-state index in [9.17, 15) is 19.2 Å². The quantitative estimate of drug-likeness (QED) is 0.642. The lowest BCUT2D eigenvalue weighted by Crippen LogP contribution is -2.64. The Labute approximate surface area is 194 Å². The summed E-state index contributed by atoms with van der Waals surface area (Å²) in [4.78, 5) is 54.9. The molecule has 3 fully saturated rings. The molecule has 2 aliphatic heterocycles. The van der Waals surface area contributed by atoms with Crippen LogP contribution in [0.25, 0.3) is 0 Å². The monoisotopic (exact) mass is 455 g/mol. The van der Waals surface area contributed by atoms with Crippen LogP contribution in [0.15, 0.2) is 30.3 Å². The van der Waals surface area contributed by atoms with Crippen LogP contribution in [0.1, 0.15) is 44.9 Å². The van der Waals surface area contributed by atoms with Gasteiger partial charge in [0.15, 0.2) is 0 Å². The number of nitrogens with one attached hydrogen (secondary N) is 3. The molecule has 0 radical (unpaired) electrons. The second-order valence-corrected chi connectivity index (χ2v) is 9.12. The van der Waals surface area contributed by atoms with E-state index in [1.807, 2.05) is 18.2 Å². The summed E-state index contributed by atoms with van der Waals surface area (Å²) in [6.07, 6.45) is 6.37. The van der Waals surface area contributed by atoms with Crippen LogP contribution in [0.3, 0.4) is 0 Å². The van der Waals surface area contributed by atoms with Gasteiger partial charge < -0.3 is 25.8 Å². The van der Waals surface area contributed by atoms with E-state index in [1.165, 1.54) is 4.90 Å². The number of hydrogen-bond acceptors (Lipinski definition) is 4. The molecule has 4 rings (SSSR count). The van der Waals surface area contributed by atoms with Crippen LogP contribution < -0.4 is 16.0 Å². The maximum absolute atomic E-state index is 13.3. The predicted octanol–water partition coefficient (Wildman–Crippen LogP) is 1.71. The fraction of sp³-hybridized carbons (Fsp3) is 0.583. The number of anilines is 1. The fourth-order valence-corrected chi connectivity index (χ4v) is 4.95. The normalized spacial score (nSPS) is 24.1. The molecule has 1 saturated carbocycles. The van der Waals surface area contributed by atoms with E-state index in [0.717, 1.165) is 38.5 Å². The summed E-state index contributed by atoms with van der Waals surface area (Å²) in [6, 6.07) is 7.20. The van der Waals surface area contributed by atoms with Gasteiger partial charge in [-0.1, -0.05) is 37.5 Å². The lowest BCUT2D eigenvalue weighted by Gasteiger charge is -2.42. The second-order valence-electron chi connectivity index (χ2n) is 9.12. The molecular formula is C24H33N5O4. The molecular weight excluding hydrogens is 422 g/mol. The second kappa shape index (κ2) is 10.7. The third-order valence-electron chi connectivity index (χ3n) is 6.84. The zero-order chi connectivity index (χ0) is 23.2. The van der Waals surface area contributed by atoms with Crippen LogP contribution in [0, 0.1) is 5.92 Å². The van der Waals surface area contributed by atoms with Crippen molar-refractivity contribution < 1.29 is 19.2 Å². The maximum Gasteiger partial charge on any atom is 0.322 e. The first-order valence-electron chi connectivity index (χ1n) is 12.0. The SMILES string of the molecule is O=C1NCCC[C@@H]1NC(=O)[C@@H]1CN(C(=O)C2CCCCC2)CCN1C(=O)Nc1ccccc1. The molecule has 1 aromatic carbocycles. The van der Waals surface area contributed by atoms with E-state index >= 15 is 0 Å². The molecule has 178 valence electrons. The van der Waals surface area contributed by atoms with Gasteiger partial charge in [0.25, 0.3) is 0 Å². The van der Waals surface area contributed by atoms with Gasteiger partial charge in [0, 0.05) is 31.2 Å². The molecule has 0 spiro atoms. The molecule has 0 aromatic heterocycles. The Morgan fingerprint density at radius 1 is 0.939 bits per heavy atom. The Morgan fingerprint density at radius 3 is 2.42 bits per heavy atom. The number of para-hydroxylation sites is 1. The number of carbonyl (C=O) groups is 4. The van der Waals surface area contributed by atoms with Gasteiger partial charge in [-0.25, -0.2) is 4.79 Å². The van der Waals surface area contributed by atoms with Crippen molar-refractivity contribution in [3.63, 3.8) is 0 Å². The minimum Gasteiger partial charge on any atom is -0.354 e. The summed E-state index contributed by atoms with van der Waals surface area (Å²) in [6.45, 7) is 1.39. The van der Waals surface area contributed by atoms with Crippen LogP contribution in [0.4, 0.5) is 10.5 Å². The number of hydrogen-bond donors (Lipinski definition) is 3. The van der Waals surface area contributed by atoms with Gasteiger partial charge >= 0.3 is 6.03 Å². The first-order chi connectivity index (χ1) is 16.0. The topological polar surface area (TPSA) is 111 Å². The highest BCUT2D eigenvalue weighted by molar-refractivity contribution is 5.96. The number of amides is 5. The van der Waals surface area contributed by atoms with E-state index < -0.39 is 18.0 Å². The third kappa shape index (κ3) is 5.64. The number of carbonyl (C=O) groups excluding carboxylic acids is 4. The molecule has 33 heavy (non-hydrogen) atoms. The molecule has 1 aliphatic carbocycles. The molecule has 5 amide bonds. The van der Waals surface area contributed by atoms with Crippen LogP contribution in [-0.2, 0) is 14.4 Å². The van der Waals surface area contributed by atoms with E-state index in [4.69, 9.17) is 0 Å². The average Bonchev–Trinajstić information content (AvgIpc) is 2.85. The summed E-state index contributed by atoms with van der Waals surface area (Å²) in [5, 5.41) is 8.42.